The fraction of sp³-hybridized carbons (Fsp3) is 1.00. The van der Waals surface area contributed by atoms with Crippen molar-refractivity contribution in [1.82, 2.24) is 0 Å². The van der Waals surface area contributed by atoms with Gasteiger partial charge < -0.3 is 0 Å². The molecule has 0 N–H and O–H groups in total. The summed E-state index contributed by atoms with van der Waals surface area (Å²) in [5.41, 5.74) is 0. The van der Waals surface area contributed by atoms with Crippen molar-refractivity contribution < 1.29 is 13.9 Å². The molecule has 5 heteroatoms. The van der Waals surface area contributed by atoms with E-state index in [0.717, 1.165) is 0 Å². The van der Waals surface area contributed by atoms with Crippen molar-refractivity contribution in [2.45, 2.75) is 13.8 Å². The Hall–Kier alpha value is 0.829. The minimum atomic E-state index is -2.82. The third-order valence-corrected chi connectivity index (χ3v) is 3.05. The quantitative estimate of drug-likeness (QED) is 0.500. The molecule has 3 nitrogen and oxygen atoms in total. The van der Waals surface area contributed by atoms with Gasteiger partial charge in [-0.3, -0.25) is 0 Å². The van der Waals surface area contributed by atoms with Gasteiger partial charge in [-0.25, -0.2) is 0 Å². The van der Waals surface area contributed by atoms with Crippen LogP contribution in [0.3, 0.4) is 0 Å². The zero-order valence-electron chi connectivity index (χ0n) is 5.49. The average molecular weight is 216 g/mol. The number of rotatable bonds is 4. The van der Waals surface area contributed by atoms with E-state index in [9.17, 15) is 4.89 Å². The SMILES string of the molecule is CCOP([O-])(=[Se])OCC. The maximum absolute atomic E-state index is 10.9. The van der Waals surface area contributed by atoms with Gasteiger partial charge in [-0.2, -0.15) is 0 Å². The second-order valence-corrected chi connectivity index (χ2v) is 5.51. The van der Waals surface area contributed by atoms with Crippen molar-refractivity contribution in [3.63, 3.8) is 0 Å². The third kappa shape index (κ3) is 5.28. The van der Waals surface area contributed by atoms with Crippen LogP contribution in [0.2, 0.25) is 0 Å². The van der Waals surface area contributed by atoms with Gasteiger partial charge in [0.05, 0.1) is 0 Å². The summed E-state index contributed by atoms with van der Waals surface area (Å²) in [6.07, 6.45) is -2.82. The van der Waals surface area contributed by atoms with Gasteiger partial charge in [0.1, 0.15) is 0 Å². The molecule has 0 saturated carbocycles. The van der Waals surface area contributed by atoms with Crippen molar-refractivity contribution >= 4 is 21.3 Å². The van der Waals surface area contributed by atoms with Crippen molar-refractivity contribution in [1.29, 1.82) is 0 Å². The number of hydrogen-bond acceptors (Lipinski definition) is 3. The van der Waals surface area contributed by atoms with Crippen LogP contribution in [-0.2, 0) is 9.05 Å². The predicted octanol–water partition coefficient (Wildman–Crippen LogP) is 0.266. The summed E-state index contributed by atoms with van der Waals surface area (Å²) >= 11 is 2.37. The second kappa shape index (κ2) is 4.62. The van der Waals surface area contributed by atoms with Gasteiger partial charge in [0.25, 0.3) is 0 Å². The zero-order chi connectivity index (χ0) is 7.33. The summed E-state index contributed by atoms with van der Waals surface area (Å²) in [7, 11) is 0. The van der Waals surface area contributed by atoms with Gasteiger partial charge in [-0.15, -0.1) is 0 Å². The van der Waals surface area contributed by atoms with Gasteiger partial charge in [0, 0.05) is 0 Å². The Kier molecular flexibility index (Phi) is 5.04. The molecule has 0 bridgehead atoms. The Morgan fingerprint density at radius 3 is 1.89 bits per heavy atom. The Balaban J connectivity index is 3.58. The molecule has 0 aliphatic rings. The van der Waals surface area contributed by atoms with E-state index < -0.39 is 6.19 Å². The van der Waals surface area contributed by atoms with Gasteiger partial charge >= 0.3 is 62.3 Å². The van der Waals surface area contributed by atoms with Crippen LogP contribution in [0.4, 0.5) is 0 Å². The van der Waals surface area contributed by atoms with Crippen LogP contribution in [0.25, 0.3) is 0 Å². The molecule has 0 aromatic heterocycles. The van der Waals surface area contributed by atoms with E-state index in [1.807, 2.05) is 0 Å². The van der Waals surface area contributed by atoms with Crippen molar-refractivity contribution in [3.8, 4) is 0 Å². The first kappa shape index (κ1) is 9.83. The summed E-state index contributed by atoms with van der Waals surface area (Å²) in [5.74, 6) is 0. The monoisotopic (exact) mass is 217 g/mol. The molecule has 0 amide bonds. The molecule has 0 heterocycles. The summed E-state index contributed by atoms with van der Waals surface area (Å²) in [6.45, 7) is 4.35. The summed E-state index contributed by atoms with van der Waals surface area (Å²) in [4.78, 5) is 10.9. The maximum atomic E-state index is 10.9. The minimum absolute atomic E-state index is 0.407. The average Bonchev–Trinajstić information content (AvgIpc) is 1.64. The van der Waals surface area contributed by atoms with Crippen LogP contribution in [0.1, 0.15) is 13.8 Å². The normalized spacial score (nSPS) is 11.9. The van der Waals surface area contributed by atoms with Crippen molar-refractivity contribution in [2.75, 3.05) is 13.2 Å². The molecule has 0 saturated heterocycles. The van der Waals surface area contributed by atoms with Gasteiger partial charge in [-0.05, 0) is 0 Å². The molecule has 0 fully saturated rings. The van der Waals surface area contributed by atoms with E-state index in [4.69, 9.17) is 9.05 Å². The first-order valence-electron chi connectivity index (χ1n) is 2.72. The third-order valence-electron chi connectivity index (χ3n) is 0.574. The van der Waals surface area contributed by atoms with Crippen LogP contribution in [-0.4, -0.2) is 28.3 Å². The molecule has 0 unspecified atom stereocenters. The van der Waals surface area contributed by atoms with Gasteiger partial charge in [0.2, 0.25) is 0 Å². The molecule has 0 aromatic carbocycles. The Morgan fingerprint density at radius 2 is 1.67 bits per heavy atom. The van der Waals surface area contributed by atoms with Gasteiger partial charge in [0.15, 0.2) is 0 Å². The van der Waals surface area contributed by atoms with Crippen LogP contribution in [0, 0.1) is 0 Å². The molecule has 0 rings (SSSR count). The van der Waals surface area contributed by atoms with Crippen LogP contribution in [0.5, 0.6) is 0 Å². The van der Waals surface area contributed by atoms with E-state index in [1.54, 1.807) is 13.8 Å². The van der Waals surface area contributed by atoms with Crippen LogP contribution >= 0.6 is 6.19 Å². The summed E-state index contributed by atoms with van der Waals surface area (Å²) in [6, 6.07) is 0. The molecule has 0 spiro atoms. The fourth-order valence-corrected chi connectivity index (χ4v) is 2.39. The predicted molar refractivity (Wildman–Crippen MR) is 35.9 cm³/mol. The molecule has 0 aliphatic heterocycles. The molecule has 9 heavy (non-hydrogen) atoms. The fourth-order valence-electron chi connectivity index (χ4n) is 0.353. The molecule has 0 atom stereocenters. The molecular weight excluding hydrogens is 206 g/mol. The van der Waals surface area contributed by atoms with E-state index in [0.29, 0.717) is 13.2 Å². The van der Waals surface area contributed by atoms with Crippen LogP contribution in [0.15, 0.2) is 0 Å². The number of hydrogen-bond donors (Lipinski definition) is 0. The van der Waals surface area contributed by atoms with E-state index in [1.165, 1.54) is 0 Å². The Bertz CT molecular complexity index is 106. The summed E-state index contributed by atoms with van der Waals surface area (Å²) in [5, 5.41) is 0. The van der Waals surface area contributed by atoms with E-state index in [2.05, 4.69) is 15.1 Å². The van der Waals surface area contributed by atoms with Crippen molar-refractivity contribution in [2.24, 2.45) is 0 Å². The van der Waals surface area contributed by atoms with Gasteiger partial charge in [-0.1, -0.05) is 0 Å². The van der Waals surface area contributed by atoms with Crippen LogP contribution < -0.4 is 4.89 Å². The second-order valence-electron chi connectivity index (χ2n) is 1.28. The molecule has 0 aromatic rings. The van der Waals surface area contributed by atoms with E-state index >= 15 is 0 Å². The Morgan fingerprint density at radius 1 is 1.33 bits per heavy atom. The summed E-state index contributed by atoms with van der Waals surface area (Å²) < 4.78 is 9.50. The zero-order valence-corrected chi connectivity index (χ0v) is 8.10. The first-order valence-corrected chi connectivity index (χ1v) is 6.48. The standard InChI is InChI=1S/C4H11O3PSe/c1-3-6-8(5,9)7-4-2/h3-4H2,1-2H3,(H,5,9)/p-1. The molecule has 0 radical (unpaired) electrons. The Labute approximate surface area is 62.8 Å². The molecule has 56 valence electrons. The molecular formula is C4H10O3PSe-. The molecule has 0 aliphatic carbocycles. The topological polar surface area (TPSA) is 41.5 Å². The van der Waals surface area contributed by atoms with E-state index in [-0.39, 0.29) is 0 Å². The van der Waals surface area contributed by atoms with Crippen molar-refractivity contribution in [3.05, 3.63) is 0 Å². The first-order chi connectivity index (χ1) is 4.12.